The van der Waals surface area contributed by atoms with Gasteiger partial charge < -0.3 is 5.73 Å². The largest absolute Gasteiger partial charge is 0.328 e. The SMILES string of the molecule is CCC(N)CCc1cccc(C)n1. The minimum atomic E-state index is 0.322. The van der Waals surface area contributed by atoms with Crippen LogP contribution in [0.5, 0.6) is 0 Å². The summed E-state index contributed by atoms with van der Waals surface area (Å²) in [5, 5.41) is 0. The summed E-state index contributed by atoms with van der Waals surface area (Å²) in [6.45, 7) is 4.14. The van der Waals surface area contributed by atoms with Crippen molar-refractivity contribution in [2.75, 3.05) is 0 Å². The second kappa shape index (κ2) is 4.97. The predicted octanol–water partition coefficient (Wildman–Crippen LogP) is 2.06. The number of nitrogens with two attached hydrogens (primary N) is 1. The number of pyridine rings is 1. The van der Waals surface area contributed by atoms with Crippen molar-refractivity contribution in [2.45, 2.75) is 39.2 Å². The van der Waals surface area contributed by atoms with Gasteiger partial charge in [-0.25, -0.2) is 0 Å². The molecule has 0 saturated heterocycles. The lowest BCUT2D eigenvalue weighted by molar-refractivity contribution is 0.591. The molecule has 0 fully saturated rings. The van der Waals surface area contributed by atoms with Crippen LogP contribution in [0.1, 0.15) is 31.2 Å². The maximum atomic E-state index is 5.83. The molecule has 0 aliphatic rings. The number of hydrogen-bond acceptors (Lipinski definition) is 2. The molecule has 72 valence electrons. The number of aryl methyl sites for hydroxylation is 2. The maximum absolute atomic E-state index is 5.83. The molecule has 1 aromatic rings. The molecule has 0 aliphatic heterocycles. The standard InChI is InChI=1S/C11H18N2/c1-3-10(12)7-8-11-6-4-5-9(2)13-11/h4-6,10H,3,7-8,12H2,1-2H3. The Morgan fingerprint density at radius 3 is 2.85 bits per heavy atom. The Balaban J connectivity index is 2.45. The van der Waals surface area contributed by atoms with Gasteiger partial charge in [-0.2, -0.15) is 0 Å². The van der Waals surface area contributed by atoms with Crippen molar-refractivity contribution in [1.29, 1.82) is 0 Å². The van der Waals surface area contributed by atoms with E-state index in [1.165, 1.54) is 0 Å². The molecular weight excluding hydrogens is 160 g/mol. The molecular formula is C11H18N2. The molecule has 0 spiro atoms. The second-order valence-corrected chi connectivity index (χ2v) is 3.48. The van der Waals surface area contributed by atoms with Crippen LogP contribution in [-0.2, 0) is 6.42 Å². The minimum Gasteiger partial charge on any atom is -0.328 e. The Hall–Kier alpha value is -0.890. The molecule has 2 heteroatoms. The fourth-order valence-corrected chi connectivity index (χ4v) is 1.28. The Labute approximate surface area is 80.2 Å². The zero-order valence-electron chi connectivity index (χ0n) is 8.46. The molecule has 0 aromatic carbocycles. The van der Waals surface area contributed by atoms with Crippen LogP contribution in [0.2, 0.25) is 0 Å². The zero-order chi connectivity index (χ0) is 9.68. The Morgan fingerprint density at radius 1 is 1.46 bits per heavy atom. The number of rotatable bonds is 4. The van der Waals surface area contributed by atoms with Gasteiger partial charge in [0.25, 0.3) is 0 Å². The molecule has 1 atom stereocenters. The summed E-state index contributed by atoms with van der Waals surface area (Å²) in [5.41, 5.74) is 8.07. The van der Waals surface area contributed by atoms with Gasteiger partial charge in [0.05, 0.1) is 0 Å². The predicted molar refractivity (Wildman–Crippen MR) is 55.6 cm³/mol. The van der Waals surface area contributed by atoms with Crippen molar-refractivity contribution in [3.05, 3.63) is 29.6 Å². The summed E-state index contributed by atoms with van der Waals surface area (Å²) in [4.78, 5) is 4.42. The van der Waals surface area contributed by atoms with Crippen molar-refractivity contribution < 1.29 is 0 Å². The minimum absolute atomic E-state index is 0.322. The third kappa shape index (κ3) is 3.55. The van der Waals surface area contributed by atoms with Crippen molar-refractivity contribution >= 4 is 0 Å². The normalized spacial score (nSPS) is 12.8. The molecule has 13 heavy (non-hydrogen) atoms. The molecule has 1 aromatic heterocycles. The summed E-state index contributed by atoms with van der Waals surface area (Å²) in [7, 11) is 0. The van der Waals surface area contributed by atoms with Gasteiger partial charge in [0.15, 0.2) is 0 Å². The lowest BCUT2D eigenvalue weighted by Gasteiger charge is -2.07. The summed E-state index contributed by atoms with van der Waals surface area (Å²) in [6.07, 6.45) is 3.08. The van der Waals surface area contributed by atoms with E-state index in [2.05, 4.69) is 24.0 Å². The van der Waals surface area contributed by atoms with Gasteiger partial charge in [-0.3, -0.25) is 4.98 Å². The van der Waals surface area contributed by atoms with E-state index in [4.69, 9.17) is 5.73 Å². The second-order valence-electron chi connectivity index (χ2n) is 3.48. The quantitative estimate of drug-likeness (QED) is 0.766. The fourth-order valence-electron chi connectivity index (χ4n) is 1.28. The molecule has 2 N–H and O–H groups in total. The molecule has 1 unspecified atom stereocenters. The van der Waals surface area contributed by atoms with Crippen molar-refractivity contribution in [2.24, 2.45) is 5.73 Å². The van der Waals surface area contributed by atoms with E-state index in [0.717, 1.165) is 30.7 Å². The molecule has 1 heterocycles. The van der Waals surface area contributed by atoms with Crippen LogP contribution >= 0.6 is 0 Å². The first-order valence-electron chi connectivity index (χ1n) is 4.90. The average molecular weight is 178 g/mol. The summed E-state index contributed by atoms with van der Waals surface area (Å²) in [5.74, 6) is 0. The van der Waals surface area contributed by atoms with Gasteiger partial charge in [0, 0.05) is 17.4 Å². The van der Waals surface area contributed by atoms with Crippen LogP contribution in [-0.4, -0.2) is 11.0 Å². The Bertz CT molecular complexity index is 258. The molecule has 0 amide bonds. The average Bonchev–Trinajstić information content (AvgIpc) is 2.14. The summed E-state index contributed by atoms with van der Waals surface area (Å²) < 4.78 is 0. The molecule has 0 radical (unpaired) electrons. The lowest BCUT2D eigenvalue weighted by Crippen LogP contribution is -2.19. The molecule has 0 saturated carbocycles. The number of nitrogens with zero attached hydrogens (tertiary/aromatic N) is 1. The van der Waals surface area contributed by atoms with Crippen LogP contribution in [0.3, 0.4) is 0 Å². The summed E-state index contributed by atoms with van der Waals surface area (Å²) in [6, 6.07) is 6.45. The number of aromatic nitrogens is 1. The lowest BCUT2D eigenvalue weighted by atomic mass is 10.1. The smallest absolute Gasteiger partial charge is 0.0407 e. The van der Waals surface area contributed by atoms with Gasteiger partial charge in [-0.05, 0) is 38.3 Å². The van der Waals surface area contributed by atoms with Gasteiger partial charge in [-0.15, -0.1) is 0 Å². The van der Waals surface area contributed by atoms with E-state index in [-0.39, 0.29) is 0 Å². The molecule has 0 bridgehead atoms. The van der Waals surface area contributed by atoms with E-state index in [0.29, 0.717) is 6.04 Å². The topological polar surface area (TPSA) is 38.9 Å². The van der Waals surface area contributed by atoms with Crippen molar-refractivity contribution in [3.63, 3.8) is 0 Å². The highest BCUT2D eigenvalue weighted by Crippen LogP contribution is 2.04. The monoisotopic (exact) mass is 178 g/mol. The Kier molecular flexibility index (Phi) is 3.90. The van der Waals surface area contributed by atoms with E-state index in [1.54, 1.807) is 0 Å². The van der Waals surface area contributed by atoms with Gasteiger partial charge in [0.1, 0.15) is 0 Å². The first-order valence-corrected chi connectivity index (χ1v) is 4.90. The van der Waals surface area contributed by atoms with Crippen LogP contribution in [0.25, 0.3) is 0 Å². The third-order valence-electron chi connectivity index (χ3n) is 2.24. The summed E-state index contributed by atoms with van der Waals surface area (Å²) >= 11 is 0. The number of hydrogen-bond donors (Lipinski definition) is 1. The molecule has 0 aliphatic carbocycles. The molecule has 2 nitrogen and oxygen atoms in total. The van der Waals surface area contributed by atoms with Crippen LogP contribution in [0.15, 0.2) is 18.2 Å². The van der Waals surface area contributed by atoms with Gasteiger partial charge in [0.2, 0.25) is 0 Å². The van der Waals surface area contributed by atoms with Gasteiger partial charge in [-0.1, -0.05) is 13.0 Å². The third-order valence-corrected chi connectivity index (χ3v) is 2.24. The van der Waals surface area contributed by atoms with E-state index < -0.39 is 0 Å². The molecule has 1 rings (SSSR count). The van der Waals surface area contributed by atoms with E-state index >= 15 is 0 Å². The van der Waals surface area contributed by atoms with Gasteiger partial charge >= 0.3 is 0 Å². The highest BCUT2D eigenvalue weighted by atomic mass is 14.7. The highest BCUT2D eigenvalue weighted by molar-refractivity contribution is 5.09. The van der Waals surface area contributed by atoms with Crippen LogP contribution in [0, 0.1) is 6.92 Å². The van der Waals surface area contributed by atoms with E-state index in [1.807, 2.05) is 13.0 Å². The van der Waals surface area contributed by atoms with Crippen LogP contribution < -0.4 is 5.73 Å². The fraction of sp³-hybridized carbons (Fsp3) is 0.545. The zero-order valence-corrected chi connectivity index (χ0v) is 8.46. The first-order chi connectivity index (χ1) is 6.22. The maximum Gasteiger partial charge on any atom is 0.0407 e. The Morgan fingerprint density at radius 2 is 2.23 bits per heavy atom. The van der Waals surface area contributed by atoms with Crippen molar-refractivity contribution in [1.82, 2.24) is 4.98 Å². The van der Waals surface area contributed by atoms with Crippen molar-refractivity contribution in [3.8, 4) is 0 Å². The first kappa shape index (κ1) is 10.2. The highest BCUT2D eigenvalue weighted by Gasteiger charge is 2.00. The van der Waals surface area contributed by atoms with E-state index in [9.17, 15) is 0 Å². The van der Waals surface area contributed by atoms with Crippen LogP contribution in [0.4, 0.5) is 0 Å².